The number of nitrogens with zero attached hydrogens (tertiary/aromatic N) is 3. The molecule has 0 radical (unpaired) electrons. The van der Waals surface area contributed by atoms with E-state index >= 15 is 0 Å². The lowest BCUT2D eigenvalue weighted by Gasteiger charge is -2.19. The Balaban J connectivity index is 1.57. The third-order valence-electron chi connectivity index (χ3n) is 3.61. The summed E-state index contributed by atoms with van der Waals surface area (Å²) >= 11 is 3.35. The van der Waals surface area contributed by atoms with Crippen molar-refractivity contribution in [2.45, 2.75) is 43.7 Å². The fraction of sp³-hybridized carbons (Fsp3) is 0.316. The number of benzene rings is 1. The van der Waals surface area contributed by atoms with E-state index in [0.29, 0.717) is 12.4 Å². The molecule has 0 fully saturated rings. The van der Waals surface area contributed by atoms with Gasteiger partial charge in [-0.1, -0.05) is 50.7 Å². The van der Waals surface area contributed by atoms with Crippen LogP contribution in [0, 0.1) is 0 Å². The predicted octanol–water partition coefficient (Wildman–Crippen LogP) is 5.10. The molecule has 1 aromatic carbocycles. The van der Waals surface area contributed by atoms with Gasteiger partial charge in [-0.05, 0) is 34.6 Å². The van der Waals surface area contributed by atoms with Gasteiger partial charge in [-0.25, -0.2) is 15.0 Å². The Kier molecular flexibility index (Phi) is 5.71. The molecule has 0 saturated carbocycles. The van der Waals surface area contributed by atoms with E-state index in [-0.39, 0.29) is 5.41 Å². The number of thioether (sulfide) groups is 1. The minimum atomic E-state index is 0.140. The normalized spacial score (nSPS) is 11.5. The number of thiophene rings is 1. The summed E-state index contributed by atoms with van der Waals surface area (Å²) in [5.74, 6) is 2.33. The highest BCUT2D eigenvalue weighted by atomic mass is 32.2. The Morgan fingerprint density at radius 1 is 1.08 bits per heavy atom. The van der Waals surface area contributed by atoms with Gasteiger partial charge < -0.3 is 4.74 Å². The number of hydrogen-bond acceptors (Lipinski definition) is 6. The lowest BCUT2D eigenvalue weighted by molar-refractivity contribution is 0.293. The monoisotopic (exact) mass is 371 g/mol. The smallest absolute Gasteiger partial charge is 0.191 e. The molecule has 0 aliphatic rings. The van der Waals surface area contributed by atoms with Crippen molar-refractivity contribution in [1.82, 2.24) is 15.0 Å². The van der Waals surface area contributed by atoms with Crippen molar-refractivity contribution >= 4 is 23.1 Å². The van der Waals surface area contributed by atoms with Crippen molar-refractivity contribution in [3.05, 3.63) is 64.4 Å². The fourth-order valence-electron chi connectivity index (χ4n) is 2.18. The van der Waals surface area contributed by atoms with Crippen LogP contribution in [0.5, 0.6) is 5.75 Å². The largest absolute Gasteiger partial charge is 0.486 e. The predicted molar refractivity (Wildman–Crippen MR) is 103 cm³/mol. The molecule has 0 unspecified atom stereocenters. The molecule has 0 N–H and O–H groups in total. The van der Waals surface area contributed by atoms with Crippen LogP contribution < -0.4 is 4.74 Å². The second-order valence-corrected chi connectivity index (χ2v) is 8.59. The van der Waals surface area contributed by atoms with Crippen LogP contribution in [0.1, 0.15) is 37.0 Å². The second-order valence-electron chi connectivity index (χ2n) is 6.62. The summed E-state index contributed by atoms with van der Waals surface area (Å²) in [5.41, 5.74) is 1.42. The van der Waals surface area contributed by atoms with Crippen molar-refractivity contribution in [3.63, 3.8) is 0 Å². The first-order chi connectivity index (χ1) is 12.0. The van der Waals surface area contributed by atoms with Gasteiger partial charge in [0.2, 0.25) is 0 Å². The third-order valence-corrected chi connectivity index (χ3v) is 5.58. The highest BCUT2D eigenvalue weighted by Gasteiger charge is 2.13. The molecule has 130 valence electrons. The molecule has 0 saturated heterocycles. The van der Waals surface area contributed by atoms with E-state index in [1.807, 2.05) is 12.1 Å². The second kappa shape index (κ2) is 7.97. The van der Waals surface area contributed by atoms with E-state index in [1.165, 1.54) is 10.4 Å². The lowest BCUT2D eigenvalue weighted by Crippen LogP contribution is -2.10. The quantitative estimate of drug-likeness (QED) is 0.564. The molecule has 0 bridgehead atoms. The van der Waals surface area contributed by atoms with Gasteiger partial charge in [-0.15, -0.1) is 11.3 Å². The van der Waals surface area contributed by atoms with Crippen LogP contribution >= 0.6 is 23.1 Å². The molecule has 3 rings (SSSR count). The molecule has 3 aromatic rings. The zero-order valence-corrected chi connectivity index (χ0v) is 16.2. The van der Waals surface area contributed by atoms with E-state index in [4.69, 9.17) is 4.74 Å². The minimum absolute atomic E-state index is 0.140. The summed E-state index contributed by atoms with van der Waals surface area (Å²) in [5, 5.41) is 2.80. The SMILES string of the molecule is CC(C)(C)c1ccc(OCc2ncnc(SCc3cccs3)n2)cc1. The van der Waals surface area contributed by atoms with Crippen LogP contribution in [0.4, 0.5) is 0 Å². The summed E-state index contributed by atoms with van der Waals surface area (Å²) in [4.78, 5) is 14.2. The van der Waals surface area contributed by atoms with E-state index in [1.54, 1.807) is 29.4 Å². The van der Waals surface area contributed by atoms with Gasteiger partial charge in [-0.2, -0.15) is 0 Å². The van der Waals surface area contributed by atoms with Gasteiger partial charge in [0.1, 0.15) is 18.7 Å². The fourth-order valence-corrected chi connectivity index (χ4v) is 3.78. The number of hydrogen-bond donors (Lipinski definition) is 0. The zero-order valence-electron chi connectivity index (χ0n) is 14.6. The Labute approximate surface area is 156 Å². The Morgan fingerprint density at radius 3 is 2.56 bits per heavy atom. The van der Waals surface area contributed by atoms with Crippen LogP contribution in [0.3, 0.4) is 0 Å². The summed E-state index contributed by atoms with van der Waals surface area (Å²) in [7, 11) is 0. The maximum Gasteiger partial charge on any atom is 0.191 e. The molecule has 6 heteroatoms. The molecule has 0 spiro atoms. The standard InChI is InChI=1S/C19H21N3OS2/c1-19(2,3)14-6-8-15(9-7-14)23-11-17-20-13-21-18(22-17)25-12-16-5-4-10-24-16/h4-10,13H,11-12H2,1-3H3. The topological polar surface area (TPSA) is 47.9 Å². The summed E-state index contributed by atoms with van der Waals surface area (Å²) in [6.07, 6.45) is 1.55. The first kappa shape index (κ1) is 17.9. The maximum atomic E-state index is 5.81. The molecule has 0 aliphatic heterocycles. The van der Waals surface area contributed by atoms with Crippen LogP contribution in [0.25, 0.3) is 0 Å². The molecule has 25 heavy (non-hydrogen) atoms. The van der Waals surface area contributed by atoms with Crippen molar-refractivity contribution < 1.29 is 4.74 Å². The van der Waals surface area contributed by atoms with Gasteiger partial charge in [0, 0.05) is 10.6 Å². The average Bonchev–Trinajstić information content (AvgIpc) is 3.12. The number of aromatic nitrogens is 3. The molecular formula is C19H21N3OS2. The summed E-state index contributed by atoms with van der Waals surface area (Å²) in [6, 6.07) is 12.4. The molecule has 0 atom stereocenters. The molecule has 2 aromatic heterocycles. The van der Waals surface area contributed by atoms with Crippen LogP contribution in [0.15, 0.2) is 53.3 Å². The van der Waals surface area contributed by atoms with Crippen LogP contribution in [0.2, 0.25) is 0 Å². The van der Waals surface area contributed by atoms with Gasteiger partial charge in [0.25, 0.3) is 0 Å². The minimum Gasteiger partial charge on any atom is -0.486 e. The van der Waals surface area contributed by atoms with Crippen molar-refractivity contribution in [2.75, 3.05) is 0 Å². The van der Waals surface area contributed by atoms with Crippen molar-refractivity contribution in [2.24, 2.45) is 0 Å². The van der Waals surface area contributed by atoms with Gasteiger partial charge in [0.05, 0.1) is 0 Å². The van der Waals surface area contributed by atoms with Crippen molar-refractivity contribution in [1.29, 1.82) is 0 Å². The highest BCUT2D eigenvalue weighted by Crippen LogP contribution is 2.25. The Morgan fingerprint density at radius 2 is 1.88 bits per heavy atom. The highest BCUT2D eigenvalue weighted by molar-refractivity contribution is 7.98. The maximum absolute atomic E-state index is 5.81. The molecule has 4 nitrogen and oxygen atoms in total. The van der Waals surface area contributed by atoms with E-state index in [9.17, 15) is 0 Å². The van der Waals surface area contributed by atoms with E-state index in [2.05, 4.69) is 65.4 Å². The number of ether oxygens (including phenoxy) is 1. The van der Waals surface area contributed by atoms with E-state index < -0.39 is 0 Å². The zero-order chi connectivity index (χ0) is 17.7. The van der Waals surface area contributed by atoms with Crippen molar-refractivity contribution in [3.8, 4) is 5.75 Å². The average molecular weight is 372 g/mol. The first-order valence-electron chi connectivity index (χ1n) is 8.07. The Hall–Kier alpha value is -1.92. The van der Waals surface area contributed by atoms with Crippen LogP contribution in [-0.2, 0) is 17.8 Å². The first-order valence-corrected chi connectivity index (χ1v) is 9.94. The molecule has 0 amide bonds. The van der Waals surface area contributed by atoms with Gasteiger partial charge in [-0.3, -0.25) is 0 Å². The molecular weight excluding hydrogens is 350 g/mol. The Bertz CT molecular complexity index is 796. The van der Waals surface area contributed by atoms with E-state index in [0.717, 1.165) is 16.7 Å². The summed E-state index contributed by atoms with van der Waals surface area (Å²) in [6.45, 7) is 6.93. The molecule has 2 heterocycles. The molecule has 0 aliphatic carbocycles. The third kappa shape index (κ3) is 5.28. The number of rotatable bonds is 6. The van der Waals surface area contributed by atoms with Crippen LogP contribution in [-0.4, -0.2) is 15.0 Å². The lowest BCUT2D eigenvalue weighted by atomic mass is 9.87. The van der Waals surface area contributed by atoms with Gasteiger partial charge >= 0.3 is 0 Å². The van der Waals surface area contributed by atoms with Gasteiger partial charge in [0.15, 0.2) is 11.0 Å². The summed E-state index contributed by atoms with van der Waals surface area (Å²) < 4.78 is 5.81.